The summed E-state index contributed by atoms with van der Waals surface area (Å²) in [7, 11) is 0. The summed E-state index contributed by atoms with van der Waals surface area (Å²) in [6, 6.07) is 81.5. The first-order valence-corrected chi connectivity index (χ1v) is 29.2. The molecule has 0 saturated carbocycles. The van der Waals surface area contributed by atoms with Crippen LogP contribution >= 0.6 is 57.5 Å². The zero-order valence-electron chi connectivity index (χ0n) is 42.6. The van der Waals surface area contributed by atoms with Gasteiger partial charge in [0.05, 0.1) is 10.0 Å². The Balaban J connectivity index is 0.000000100. The van der Waals surface area contributed by atoms with Crippen molar-refractivity contribution in [2.45, 2.75) is 0 Å². The topological polar surface area (TPSA) is 52.6 Å². The second-order valence-electron chi connectivity index (χ2n) is 20.2. The third kappa shape index (κ3) is 8.24. The molecule has 18 rings (SSSR count). The van der Waals surface area contributed by atoms with Gasteiger partial charge in [-0.2, -0.15) is 0 Å². The van der Waals surface area contributed by atoms with Crippen LogP contribution in [0.25, 0.3) is 161 Å². The lowest BCUT2D eigenvalue weighted by molar-refractivity contribution is 0.668. The summed E-state index contributed by atoms with van der Waals surface area (Å²) in [4.78, 5) is 0. The quantitative estimate of drug-likeness (QED) is 0.177. The summed E-state index contributed by atoms with van der Waals surface area (Å²) < 4.78 is 29.1. The van der Waals surface area contributed by atoms with Crippen molar-refractivity contribution >= 4 is 186 Å². The van der Waals surface area contributed by atoms with Crippen molar-refractivity contribution in [2.24, 2.45) is 0 Å². The molecule has 0 spiro atoms. The minimum Gasteiger partial charge on any atom is -0.456 e. The second-order valence-corrected chi connectivity index (χ2v) is 23.7. The third-order valence-electron chi connectivity index (χ3n) is 15.5. The summed E-state index contributed by atoms with van der Waals surface area (Å²) in [6.45, 7) is 0. The van der Waals surface area contributed by atoms with E-state index in [4.69, 9.17) is 52.5 Å². The number of furan rings is 4. The molecule has 6 heterocycles. The minimum atomic E-state index is 0.649. The smallest absolute Gasteiger partial charge is 0.153 e. The molecular formula is C72H39Cl3O4S2. The van der Waals surface area contributed by atoms with Crippen LogP contribution in [0, 0.1) is 0 Å². The zero-order chi connectivity index (χ0) is 53.9. The van der Waals surface area contributed by atoms with Crippen LogP contribution in [0.5, 0.6) is 0 Å². The van der Waals surface area contributed by atoms with E-state index in [1.165, 1.54) is 62.6 Å². The molecule has 0 saturated heterocycles. The van der Waals surface area contributed by atoms with Crippen molar-refractivity contribution in [1.82, 2.24) is 0 Å². The molecule has 0 aliphatic heterocycles. The van der Waals surface area contributed by atoms with E-state index in [1.54, 1.807) is 0 Å². The molecule has 0 amide bonds. The maximum atomic E-state index is 6.45. The van der Waals surface area contributed by atoms with E-state index < -0.39 is 0 Å². The number of rotatable bonds is 3. The van der Waals surface area contributed by atoms with E-state index >= 15 is 0 Å². The molecule has 0 fully saturated rings. The molecule has 0 unspecified atom stereocenters. The summed E-state index contributed by atoms with van der Waals surface area (Å²) in [5.41, 5.74) is 13.9. The molecule has 18 aromatic rings. The molecule has 4 nitrogen and oxygen atoms in total. The van der Waals surface area contributed by atoms with E-state index in [2.05, 4.69) is 146 Å². The Morgan fingerprint density at radius 1 is 0.235 bits per heavy atom. The molecule has 384 valence electrons. The molecule has 12 aromatic carbocycles. The second kappa shape index (κ2) is 19.2. The monoisotopic (exact) mass is 1140 g/mol. The number of hydrogen-bond donors (Lipinski definition) is 0. The van der Waals surface area contributed by atoms with Gasteiger partial charge in [-0.05, 0) is 161 Å². The van der Waals surface area contributed by atoms with Crippen molar-refractivity contribution < 1.29 is 17.7 Å². The fourth-order valence-electron chi connectivity index (χ4n) is 11.6. The molecule has 0 aliphatic carbocycles. The van der Waals surface area contributed by atoms with Crippen LogP contribution in [0.2, 0.25) is 15.1 Å². The zero-order valence-corrected chi connectivity index (χ0v) is 46.5. The van der Waals surface area contributed by atoms with Crippen molar-refractivity contribution in [2.75, 3.05) is 0 Å². The lowest BCUT2D eigenvalue weighted by atomic mass is 10.0. The fraction of sp³-hybridized carbons (Fsp3) is 0. The SMILES string of the molecule is Clc1ccc2oc3ccc(-c4ccc5oc6ccccc6c5c4)cc3c2c1.Clc1cccc2c1oc1ccc(-c3ccc4sc5ccccc5c4c3)cc12.Clc1cccc2oc3ccc(-c4ccc5sc6ccccc6c5c4)cc3c12. The van der Waals surface area contributed by atoms with Gasteiger partial charge in [0.2, 0.25) is 0 Å². The minimum absolute atomic E-state index is 0.649. The van der Waals surface area contributed by atoms with E-state index in [9.17, 15) is 0 Å². The van der Waals surface area contributed by atoms with Gasteiger partial charge in [-0.3, -0.25) is 0 Å². The highest BCUT2D eigenvalue weighted by Crippen LogP contribution is 2.43. The predicted octanol–water partition coefficient (Wildman–Crippen LogP) is 24.4. The highest BCUT2D eigenvalue weighted by molar-refractivity contribution is 7.26. The Hall–Kier alpha value is -8.85. The molecule has 0 aliphatic rings. The van der Waals surface area contributed by atoms with Crippen LogP contribution in [-0.2, 0) is 0 Å². The van der Waals surface area contributed by atoms with Crippen LogP contribution in [0.15, 0.2) is 254 Å². The molecule has 81 heavy (non-hydrogen) atoms. The molecular weight excluding hydrogens is 1100 g/mol. The first kappa shape index (κ1) is 48.1. The van der Waals surface area contributed by atoms with Gasteiger partial charge in [-0.15, -0.1) is 22.7 Å². The Bertz CT molecular complexity index is 5430. The number of thiophene rings is 2. The number of benzene rings is 12. The molecule has 9 heteroatoms. The Kier molecular flexibility index (Phi) is 11.4. The van der Waals surface area contributed by atoms with Crippen molar-refractivity contribution in [1.29, 1.82) is 0 Å². The summed E-state index contributed by atoms with van der Waals surface area (Å²) in [6.07, 6.45) is 0. The molecule has 0 bridgehead atoms. The van der Waals surface area contributed by atoms with E-state index in [0.29, 0.717) is 10.0 Å². The van der Waals surface area contributed by atoms with Crippen molar-refractivity contribution in [3.8, 4) is 33.4 Å². The Labute approximate surface area is 484 Å². The highest BCUT2D eigenvalue weighted by Gasteiger charge is 2.16. The Morgan fingerprint density at radius 3 is 1.21 bits per heavy atom. The molecule has 0 radical (unpaired) electrons. The Morgan fingerprint density at radius 2 is 0.605 bits per heavy atom. The normalized spacial score (nSPS) is 11.9. The largest absolute Gasteiger partial charge is 0.456 e. The van der Waals surface area contributed by atoms with Crippen molar-refractivity contribution in [3.05, 3.63) is 252 Å². The van der Waals surface area contributed by atoms with Crippen molar-refractivity contribution in [3.63, 3.8) is 0 Å². The van der Waals surface area contributed by atoms with E-state index in [-0.39, 0.29) is 0 Å². The van der Waals surface area contributed by atoms with Gasteiger partial charge in [0.1, 0.15) is 39.1 Å². The first-order chi connectivity index (χ1) is 39.8. The lowest BCUT2D eigenvalue weighted by Gasteiger charge is -2.03. The van der Waals surface area contributed by atoms with Gasteiger partial charge in [0.15, 0.2) is 5.58 Å². The average Bonchev–Trinajstić information content (AvgIpc) is 4.45. The van der Waals surface area contributed by atoms with Crippen LogP contribution < -0.4 is 0 Å². The van der Waals surface area contributed by atoms with Crippen LogP contribution in [0.3, 0.4) is 0 Å². The molecule has 0 N–H and O–H groups in total. The maximum absolute atomic E-state index is 6.45. The van der Waals surface area contributed by atoms with E-state index in [1.807, 2.05) is 114 Å². The first-order valence-electron chi connectivity index (χ1n) is 26.4. The van der Waals surface area contributed by atoms with Gasteiger partial charge in [0, 0.05) is 88.5 Å². The fourth-order valence-corrected chi connectivity index (χ4v) is 14.4. The van der Waals surface area contributed by atoms with Crippen LogP contribution in [0.4, 0.5) is 0 Å². The van der Waals surface area contributed by atoms with Gasteiger partial charge in [-0.25, -0.2) is 0 Å². The predicted molar refractivity (Wildman–Crippen MR) is 346 cm³/mol. The van der Waals surface area contributed by atoms with Gasteiger partial charge in [-0.1, -0.05) is 144 Å². The molecule has 0 atom stereocenters. The maximum Gasteiger partial charge on any atom is 0.153 e. The lowest BCUT2D eigenvalue weighted by Crippen LogP contribution is -1.78. The number of fused-ring (bicyclic) bond motifs is 18. The summed E-state index contributed by atoms with van der Waals surface area (Å²) >= 11 is 22.6. The van der Waals surface area contributed by atoms with Gasteiger partial charge in [0.25, 0.3) is 0 Å². The average molecular weight is 1140 g/mol. The van der Waals surface area contributed by atoms with E-state index in [0.717, 1.165) is 104 Å². The van der Waals surface area contributed by atoms with Gasteiger partial charge >= 0.3 is 0 Å². The summed E-state index contributed by atoms with van der Waals surface area (Å²) in [5, 5.41) is 15.9. The highest BCUT2D eigenvalue weighted by atomic mass is 35.5. The number of halogens is 3. The molecule has 6 aromatic heterocycles. The number of para-hydroxylation sites is 2. The van der Waals surface area contributed by atoms with Gasteiger partial charge < -0.3 is 17.7 Å². The standard InChI is InChI=1S/C24H13ClO2.2C24H13ClOS/c25-16-7-10-24-20(13-16)19-12-15(6-9-23(19)27-24)14-5-8-22-18(11-14)17-3-1-2-4-21(17)26-22;25-19-5-3-6-21-24(19)18-13-14(8-10-20(18)26-21)15-9-11-23-17(12-15)16-4-1-2-7-22(16)27-23;25-20-6-3-5-17-18-12-14(8-10-21(18)26-24(17)20)15-9-11-23-19(13-15)16-4-1-2-7-22(16)27-23/h3*1-13H. The third-order valence-corrected chi connectivity index (χ3v) is 18.6. The van der Waals surface area contributed by atoms with Crippen LogP contribution in [0.1, 0.15) is 0 Å². The summed E-state index contributed by atoms with van der Waals surface area (Å²) in [5.74, 6) is 0. The number of hydrogen-bond acceptors (Lipinski definition) is 6. The van der Waals surface area contributed by atoms with Crippen LogP contribution in [-0.4, -0.2) is 0 Å².